The highest BCUT2D eigenvalue weighted by molar-refractivity contribution is 6.09. The van der Waals surface area contributed by atoms with Crippen molar-refractivity contribution in [1.29, 1.82) is 0 Å². The second-order valence-electron chi connectivity index (χ2n) is 14.9. The number of phenols is 1. The molecule has 10 rings (SSSR count). The van der Waals surface area contributed by atoms with E-state index in [0.717, 1.165) is 39.3 Å². The molecule has 1 aliphatic rings. The molecule has 58 heavy (non-hydrogen) atoms. The highest BCUT2D eigenvalue weighted by atomic mass is 16.5. The molecule has 0 aliphatic carbocycles. The summed E-state index contributed by atoms with van der Waals surface area (Å²) in [5.41, 5.74) is 3.28. The Morgan fingerprint density at radius 3 is 2.17 bits per heavy atom. The lowest BCUT2D eigenvalue weighted by molar-refractivity contribution is 0.463. The average Bonchev–Trinajstić information content (AvgIpc) is 3.89. The molecule has 6 aromatic carbocycles. The van der Waals surface area contributed by atoms with Crippen LogP contribution in [0.3, 0.4) is 0 Å². The SMILES string of the molecule is [2H]c1c(O)cc(-c2c([2H])c([2H])c([2H])c(-c3c([2H])c([2H])c([2H])c([2H])c3[2H])c2N2CN(c3ccnc(Oc4ccc5c6ccccc6n(-c6cc(C(C)(C)C)ccn6)c5c4)c3)c3ccccc32)c([2H])c1[2H]. The number of para-hydroxylation sites is 4. The molecule has 1 aliphatic heterocycles. The van der Waals surface area contributed by atoms with E-state index in [1.807, 2.05) is 59.6 Å². The van der Waals surface area contributed by atoms with Crippen LogP contribution in [-0.4, -0.2) is 26.3 Å². The van der Waals surface area contributed by atoms with E-state index in [1.54, 1.807) is 35.4 Å². The van der Waals surface area contributed by atoms with E-state index in [2.05, 4.69) is 48.5 Å². The molecule has 7 heteroatoms. The minimum absolute atomic E-state index is 0.0868. The molecule has 4 heterocycles. The van der Waals surface area contributed by atoms with E-state index in [0.29, 0.717) is 22.8 Å². The number of fused-ring (bicyclic) bond motifs is 4. The van der Waals surface area contributed by atoms with Gasteiger partial charge in [-0.05, 0) is 82.7 Å². The van der Waals surface area contributed by atoms with Gasteiger partial charge in [0.1, 0.15) is 24.0 Å². The van der Waals surface area contributed by atoms with Crippen LogP contribution in [0.4, 0.5) is 22.7 Å². The summed E-state index contributed by atoms with van der Waals surface area (Å²) in [6, 6.07) is 22.6. The summed E-state index contributed by atoms with van der Waals surface area (Å²) in [5.74, 6) is 0.828. The number of ether oxygens (including phenoxy) is 1. The van der Waals surface area contributed by atoms with Gasteiger partial charge in [0.25, 0.3) is 0 Å². The van der Waals surface area contributed by atoms with Gasteiger partial charge < -0.3 is 19.6 Å². The van der Waals surface area contributed by atoms with E-state index in [9.17, 15) is 7.85 Å². The van der Waals surface area contributed by atoms with Crippen LogP contribution in [0.5, 0.6) is 17.4 Å². The molecule has 282 valence electrons. The lowest BCUT2D eigenvalue weighted by Crippen LogP contribution is -2.25. The number of anilines is 4. The van der Waals surface area contributed by atoms with Gasteiger partial charge in [0.15, 0.2) is 0 Å². The first kappa shape index (κ1) is 25.0. The fourth-order valence-electron chi connectivity index (χ4n) is 7.56. The van der Waals surface area contributed by atoms with Crippen LogP contribution in [0.2, 0.25) is 0 Å². The normalized spacial score (nSPS) is 15.3. The van der Waals surface area contributed by atoms with Crippen LogP contribution in [0.15, 0.2) is 176 Å². The van der Waals surface area contributed by atoms with Crippen LogP contribution in [-0.2, 0) is 5.41 Å². The Morgan fingerprint density at radius 2 is 1.34 bits per heavy atom. The van der Waals surface area contributed by atoms with Gasteiger partial charge in [0.05, 0.1) is 43.2 Å². The Hall–Kier alpha value is -7.38. The van der Waals surface area contributed by atoms with Crippen LogP contribution in [0.1, 0.15) is 41.4 Å². The van der Waals surface area contributed by atoms with Crippen molar-refractivity contribution in [3.05, 3.63) is 181 Å². The molecule has 9 aromatic rings. The fraction of sp³-hybridized carbons (Fsp3) is 0.0980. The maximum absolute atomic E-state index is 10.9. The Morgan fingerprint density at radius 1 is 0.638 bits per heavy atom. The highest BCUT2D eigenvalue weighted by Gasteiger charge is 2.31. The number of pyridine rings is 2. The first-order valence-electron chi connectivity index (χ1n) is 24.2. The molecule has 0 atom stereocenters. The van der Waals surface area contributed by atoms with Crippen molar-refractivity contribution in [2.75, 3.05) is 16.5 Å². The standard InChI is InChI=1S/C51H41N5O2/c1-51(2,3)36-25-27-52-48(30-36)56-44-20-8-7-17-42(44)43-24-23-39(32-47(43)56)58-49-31-37(26-28-53-49)54-33-55(46-22-10-9-21-45(46)54)50-40(34-13-5-4-6-14-34)18-12-19-41(50)35-15-11-16-38(57)29-35/h4-32,57H,33H2,1-3H3/i4D,5D,6D,11D,12D,13D,14D,15D,16D,18D,19D. The number of aromatic hydroxyl groups is 1. The van der Waals surface area contributed by atoms with Gasteiger partial charge in [-0.15, -0.1) is 0 Å². The van der Waals surface area contributed by atoms with Crippen molar-refractivity contribution < 1.29 is 24.9 Å². The van der Waals surface area contributed by atoms with Gasteiger partial charge in [0.2, 0.25) is 5.88 Å². The summed E-state index contributed by atoms with van der Waals surface area (Å²) in [7, 11) is 0. The number of phenolic OH excluding ortho intramolecular Hbond substituents is 1. The van der Waals surface area contributed by atoms with Crippen molar-refractivity contribution >= 4 is 44.6 Å². The summed E-state index contributed by atoms with van der Waals surface area (Å²) in [6.07, 6.45) is 3.41. The van der Waals surface area contributed by atoms with Crippen molar-refractivity contribution in [3.8, 4) is 45.5 Å². The third-order valence-electron chi connectivity index (χ3n) is 10.3. The Labute approximate surface area is 353 Å². The first-order chi connectivity index (χ1) is 32.9. The van der Waals surface area contributed by atoms with E-state index in [-0.39, 0.29) is 40.3 Å². The number of hydrogen-bond acceptors (Lipinski definition) is 6. The highest BCUT2D eigenvalue weighted by Crippen LogP contribution is 2.50. The molecule has 1 N–H and O–H groups in total. The van der Waals surface area contributed by atoms with Gasteiger partial charge in [0, 0.05) is 52.1 Å². The third kappa shape index (κ3) is 6.18. The molecular weight excluding hydrogens is 715 g/mol. The zero-order valence-corrected chi connectivity index (χ0v) is 31.7. The van der Waals surface area contributed by atoms with Gasteiger partial charge in [-0.25, -0.2) is 9.97 Å². The number of hydrogen-bond donors (Lipinski definition) is 1. The molecule has 0 radical (unpaired) electrons. The first-order valence-corrected chi connectivity index (χ1v) is 18.7. The van der Waals surface area contributed by atoms with E-state index in [1.165, 1.54) is 0 Å². The number of nitrogens with zero attached hydrogens (tertiary/aromatic N) is 5. The van der Waals surface area contributed by atoms with Gasteiger partial charge >= 0.3 is 0 Å². The Kier molecular flexibility index (Phi) is 6.02. The maximum Gasteiger partial charge on any atom is 0.221 e. The quantitative estimate of drug-likeness (QED) is 0.174. The molecule has 0 fully saturated rings. The van der Waals surface area contributed by atoms with E-state index < -0.39 is 77.8 Å². The van der Waals surface area contributed by atoms with Crippen molar-refractivity contribution in [2.24, 2.45) is 0 Å². The van der Waals surface area contributed by atoms with Crippen LogP contribution in [0.25, 0.3) is 49.9 Å². The molecule has 3 aromatic heterocycles. The summed E-state index contributed by atoms with van der Waals surface area (Å²) in [4.78, 5) is 12.9. The molecule has 0 unspecified atom stereocenters. The second kappa shape index (κ2) is 14.0. The van der Waals surface area contributed by atoms with Crippen LogP contribution in [0, 0.1) is 0 Å². The van der Waals surface area contributed by atoms with Gasteiger partial charge in [-0.1, -0.05) is 112 Å². The van der Waals surface area contributed by atoms with Crippen molar-refractivity contribution in [3.63, 3.8) is 0 Å². The predicted octanol–water partition coefficient (Wildman–Crippen LogP) is 13.0. The molecular formula is C51H41N5O2. The maximum atomic E-state index is 10.9. The summed E-state index contributed by atoms with van der Waals surface area (Å²) < 4.78 is 106. The number of benzene rings is 6. The average molecular weight is 767 g/mol. The van der Waals surface area contributed by atoms with Gasteiger partial charge in [-0.2, -0.15) is 0 Å². The van der Waals surface area contributed by atoms with Crippen LogP contribution < -0.4 is 14.5 Å². The van der Waals surface area contributed by atoms with E-state index >= 15 is 0 Å². The lowest BCUT2D eigenvalue weighted by atomic mass is 9.88. The predicted molar refractivity (Wildman–Crippen MR) is 236 cm³/mol. The third-order valence-corrected chi connectivity index (χ3v) is 10.3. The van der Waals surface area contributed by atoms with Crippen molar-refractivity contribution in [1.82, 2.24) is 14.5 Å². The minimum atomic E-state index is -0.690. The smallest absolute Gasteiger partial charge is 0.221 e. The topological polar surface area (TPSA) is 66.7 Å². The summed E-state index contributed by atoms with van der Waals surface area (Å²) in [5, 5.41) is 12.9. The Bertz CT molecular complexity index is 3600. The molecule has 0 saturated heterocycles. The summed E-state index contributed by atoms with van der Waals surface area (Å²) in [6.45, 7) is 6.39. The monoisotopic (exact) mass is 766 g/mol. The molecule has 0 bridgehead atoms. The number of aromatic nitrogens is 3. The summed E-state index contributed by atoms with van der Waals surface area (Å²) >= 11 is 0. The largest absolute Gasteiger partial charge is 0.508 e. The lowest BCUT2D eigenvalue weighted by Gasteiger charge is -2.27. The Balaban J connectivity index is 1.12. The number of rotatable bonds is 7. The minimum Gasteiger partial charge on any atom is -0.508 e. The second-order valence-corrected chi connectivity index (χ2v) is 14.9. The zero-order chi connectivity index (χ0) is 49.0. The molecule has 7 nitrogen and oxygen atoms in total. The fourth-order valence-corrected chi connectivity index (χ4v) is 7.56. The van der Waals surface area contributed by atoms with Crippen molar-refractivity contribution in [2.45, 2.75) is 26.2 Å². The molecule has 0 spiro atoms. The molecule has 0 saturated carbocycles. The van der Waals surface area contributed by atoms with E-state index in [4.69, 9.17) is 22.1 Å². The zero-order valence-electron chi connectivity index (χ0n) is 42.7. The molecule has 0 amide bonds. The van der Waals surface area contributed by atoms with Gasteiger partial charge in [-0.3, -0.25) is 4.57 Å². The van der Waals surface area contributed by atoms with Crippen LogP contribution >= 0.6 is 0 Å².